The molecule has 1 atom stereocenters. The monoisotopic (exact) mass is 448 g/mol. The van der Waals surface area contributed by atoms with Crippen LogP contribution in [0.4, 0.5) is 10.1 Å². The van der Waals surface area contributed by atoms with Gasteiger partial charge in [-0.1, -0.05) is 31.3 Å². The van der Waals surface area contributed by atoms with Crippen molar-refractivity contribution >= 4 is 40.2 Å². The van der Waals surface area contributed by atoms with Gasteiger partial charge in [-0.25, -0.2) is 4.39 Å². The van der Waals surface area contributed by atoms with Gasteiger partial charge in [-0.2, -0.15) is 0 Å². The number of nitrogens with zero attached hydrogens (tertiary/aromatic N) is 2. The van der Waals surface area contributed by atoms with Gasteiger partial charge in [0.25, 0.3) is 5.91 Å². The topological polar surface area (TPSA) is 93.2 Å². The maximum atomic E-state index is 12.9. The fourth-order valence-electron chi connectivity index (χ4n) is 2.60. The molecule has 2 heterocycles. The fraction of sp³-hybridized carbons (Fsp3) is 0.300. The van der Waals surface area contributed by atoms with E-state index in [1.54, 1.807) is 11.3 Å². The Balaban J connectivity index is 1.46. The van der Waals surface area contributed by atoms with Crippen LogP contribution in [0, 0.1) is 11.7 Å². The third-order valence-corrected chi connectivity index (χ3v) is 5.91. The summed E-state index contributed by atoms with van der Waals surface area (Å²) in [6.45, 7) is 4.04. The molecule has 3 rings (SSSR count). The average molecular weight is 449 g/mol. The van der Waals surface area contributed by atoms with Crippen LogP contribution in [0.5, 0.6) is 0 Å². The van der Waals surface area contributed by atoms with Crippen LogP contribution in [0.3, 0.4) is 0 Å². The predicted molar refractivity (Wildman–Crippen MR) is 114 cm³/mol. The molecule has 0 spiro atoms. The summed E-state index contributed by atoms with van der Waals surface area (Å²) >= 11 is 2.67. The van der Waals surface area contributed by atoms with Crippen LogP contribution in [-0.2, 0) is 16.1 Å². The molecule has 0 aliphatic carbocycles. The van der Waals surface area contributed by atoms with Crippen LogP contribution >= 0.6 is 22.7 Å². The number of benzene rings is 1. The van der Waals surface area contributed by atoms with E-state index in [0.29, 0.717) is 10.7 Å². The Hall–Kier alpha value is -2.69. The van der Waals surface area contributed by atoms with Crippen molar-refractivity contribution in [1.82, 2.24) is 15.5 Å². The quantitative estimate of drug-likeness (QED) is 0.516. The van der Waals surface area contributed by atoms with E-state index >= 15 is 0 Å². The Kier molecular flexibility index (Phi) is 7.61. The van der Waals surface area contributed by atoms with E-state index in [0.717, 1.165) is 16.2 Å². The van der Waals surface area contributed by atoms with E-state index in [9.17, 15) is 14.0 Å². The molecule has 7 nitrogen and oxygen atoms in total. The number of anilines is 1. The van der Waals surface area contributed by atoms with E-state index < -0.39 is 5.91 Å². The van der Waals surface area contributed by atoms with Gasteiger partial charge < -0.3 is 15.4 Å². The molecule has 2 amide bonds. The molecule has 0 aliphatic heterocycles. The number of hydrogen-bond donors (Lipinski definition) is 2. The summed E-state index contributed by atoms with van der Waals surface area (Å²) in [6, 6.07) is 9.30. The lowest BCUT2D eigenvalue weighted by molar-refractivity contribution is -0.127. The van der Waals surface area contributed by atoms with Crippen molar-refractivity contribution in [2.75, 3.05) is 11.9 Å². The second kappa shape index (κ2) is 10.4. The van der Waals surface area contributed by atoms with Crippen molar-refractivity contribution in [2.24, 2.45) is 5.92 Å². The Labute approximate surface area is 181 Å². The molecule has 30 heavy (non-hydrogen) atoms. The zero-order chi connectivity index (χ0) is 21.5. The van der Waals surface area contributed by atoms with E-state index in [4.69, 9.17) is 4.74 Å². The molecular weight excluding hydrogens is 427 g/mol. The first kappa shape index (κ1) is 22.0. The minimum atomic E-state index is -0.446. The molecule has 1 unspecified atom stereocenters. The Morgan fingerprint density at radius 1 is 1.17 bits per heavy atom. The first-order chi connectivity index (χ1) is 14.4. The zero-order valence-electron chi connectivity index (χ0n) is 16.4. The Morgan fingerprint density at radius 3 is 2.60 bits per heavy atom. The van der Waals surface area contributed by atoms with E-state index in [2.05, 4.69) is 20.8 Å². The molecule has 0 saturated carbocycles. The number of thiophene rings is 1. The number of nitrogens with one attached hydrogen (secondary N) is 2. The predicted octanol–water partition coefficient (Wildman–Crippen LogP) is 4.02. The Morgan fingerprint density at radius 2 is 1.93 bits per heavy atom. The highest BCUT2D eigenvalue weighted by atomic mass is 32.1. The summed E-state index contributed by atoms with van der Waals surface area (Å²) < 4.78 is 18.4. The molecule has 2 aromatic heterocycles. The van der Waals surface area contributed by atoms with Gasteiger partial charge >= 0.3 is 0 Å². The van der Waals surface area contributed by atoms with Crippen LogP contribution in [0.1, 0.15) is 39.6 Å². The summed E-state index contributed by atoms with van der Waals surface area (Å²) in [4.78, 5) is 25.5. The van der Waals surface area contributed by atoms with Crippen LogP contribution in [0.25, 0.3) is 0 Å². The van der Waals surface area contributed by atoms with Gasteiger partial charge in [0.2, 0.25) is 10.9 Å². The smallest absolute Gasteiger partial charge is 0.286 e. The zero-order valence-corrected chi connectivity index (χ0v) is 18.1. The standard InChI is InChI=1S/C20H21FN4O3S2/c1-12(2)18(15-4-3-9-29-15)23-16(26)10-28-11-17-24-25-20(30-17)19(27)22-14-7-5-13(21)6-8-14/h3-9,12,18H,10-11H2,1-2H3,(H,22,27)(H,23,26). The lowest BCUT2D eigenvalue weighted by Crippen LogP contribution is -2.33. The van der Waals surface area contributed by atoms with E-state index in [1.165, 1.54) is 24.3 Å². The number of halogens is 1. The van der Waals surface area contributed by atoms with Crippen molar-refractivity contribution in [3.05, 3.63) is 62.5 Å². The van der Waals surface area contributed by atoms with Crippen LogP contribution < -0.4 is 10.6 Å². The number of hydrogen-bond acceptors (Lipinski definition) is 7. The first-order valence-electron chi connectivity index (χ1n) is 9.22. The molecule has 10 heteroatoms. The first-order valence-corrected chi connectivity index (χ1v) is 10.9. The summed E-state index contributed by atoms with van der Waals surface area (Å²) in [6.07, 6.45) is 0. The van der Waals surface area contributed by atoms with Crippen molar-refractivity contribution in [3.63, 3.8) is 0 Å². The van der Waals surface area contributed by atoms with Crippen LogP contribution in [-0.4, -0.2) is 28.6 Å². The van der Waals surface area contributed by atoms with Crippen molar-refractivity contribution in [2.45, 2.75) is 26.5 Å². The van der Waals surface area contributed by atoms with Crippen molar-refractivity contribution in [3.8, 4) is 0 Å². The average Bonchev–Trinajstić information content (AvgIpc) is 3.40. The number of ether oxygens (including phenoxy) is 1. The molecule has 0 bridgehead atoms. The van der Waals surface area contributed by atoms with E-state index in [1.807, 2.05) is 31.4 Å². The summed E-state index contributed by atoms with van der Waals surface area (Å²) in [7, 11) is 0. The molecule has 3 aromatic rings. The highest BCUT2D eigenvalue weighted by molar-refractivity contribution is 7.13. The second-order valence-electron chi connectivity index (χ2n) is 6.76. The highest BCUT2D eigenvalue weighted by Crippen LogP contribution is 2.25. The minimum absolute atomic E-state index is 0.0654. The lowest BCUT2D eigenvalue weighted by atomic mass is 10.0. The summed E-state index contributed by atoms with van der Waals surface area (Å²) in [5, 5.41) is 16.0. The van der Waals surface area contributed by atoms with Gasteiger partial charge in [-0.3, -0.25) is 9.59 Å². The maximum Gasteiger partial charge on any atom is 0.286 e. The molecule has 158 valence electrons. The van der Waals surface area contributed by atoms with Crippen LogP contribution in [0.2, 0.25) is 0 Å². The van der Waals surface area contributed by atoms with Gasteiger partial charge in [0.15, 0.2) is 0 Å². The van der Waals surface area contributed by atoms with Gasteiger partial charge in [0, 0.05) is 10.6 Å². The van der Waals surface area contributed by atoms with Crippen LogP contribution in [0.15, 0.2) is 41.8 Å². The largest absolute Gasteiger partial charge is 0.364 e. The SMILES string of the molecule is CC(C)C(NC(=O)COCc1nnc(C(=O)Nc2ccc(F)cc2)s1)c1cccs1. The van der Waals surface area contributed by atoms with Gasteiger partial charge in [-0.05, 0) is 41.6 Å². The summed E-state index contributed by atoms with van der Waals surface area (Å²) in [5.74, 6) is -0.805. The molecule has 2 N–H and O–H groups in total. The number of carbonyl (C=O) groups excluding carboxylic acids is 2. The number of amides is 2. The lowest BCUT2D eigenvalue weighted by Gasteiger charge is -2.21. The molecule has 1 aromatic carbocycles. The van der Waals surface area contributed by atoms with E-state index in [-0.39, 0.29) is 41.9 Å². The summed E-state index contributed by atoms with van der Waals surface area (Å²) in [5.41, 5.74) is 0.455. The Bertz CT molecular complexity index is 974. The van der Waals surface area contributed by atoms with Gasteiger partial charge in [0.05, 0.1) is 6.04 Å². The third kappa shape index (κ3) is 6.15. The number of carbonyl (C=O) groups is 2. The van der Waals surface area contributed by atoms with Gasteiger partial charge in [-0.15, -0.1) is 21.5 Å². The normalized spacial score (nSPS) is 12.0. The molecular formula is C20H21FN4O3S2. The number of rotatable bonds is 9. The number of aromatic nitrogens is 2. The molecule has 0 aliphatic rings. The van der Waals surface area contributed by atoms with Crippen molar-refractivity contribution in [1.29, 1.82) is 0 Å². The second-order valence-corrected chi connectivity index (χ2v) is 8.80. The third-order valence-electron chi connectivity index (χ3n) is 4.05. The minimum Gasteiger partial charge on any atom is -0.364 e. The molecule has 0 radical (unpaired) electrons. The molecule has 0 saturated heterocycles. The van der Waals surface area contributed by atoms with Crippen molar-refractivity contribution < 1.29 is 18.7 Å². The fourth-order valence-corrected chi connectivity index (χ4v) is 4.22. The maximum absolute atomic E-state index is 12.9. The molecule has 0 fully saturated rings. The van der Waals surface area contributed by atoms with Gasteiger partial charge in [0.1, 0.15) is 24.0 Å². The highest BCUT2D eigenvalue weighted by Gasteiger charge is 2.19.